The van der Waals surface area contributed by atoms with Crippen LogP contribution >= 0.6 is 11.8 Å². The molecule has 135 heavy (non-hydrogen) atoms. The van der Waals surface area contributed by atoms with E-state index in [2.05, 4.69) is 67.8 Å². The van der Waals surface area contributed by atoms with Gasteiger partial charge in [0.25, 0.3) is 0 Å². The number of aromatic amines is 3. The number of carbonyl (C=O) groups is 17. The van der Waals surface area contributed by atoms with Crippen LogP contribution in [0.3, 0.4) is 0 Å². The highest BCUT2D eigenvalue weighted by Gasteiger charge is 2.47. The number of nitrogens with two attached hydrogens (primary N) is 4. The number of nitrogens with one attached hydrogen (secondary N) is 12. The summed E-state index contributed by atoms with van der Waals surface area (Å²) >= 11 is 0.796. The van der Waals surface area contributed by atoms with Crippen molar-refractivity contribution < 1.29 is 96.8 Å². The quantitative estimate of drug-likeness (QED) is 0.0198. The first kappa shape index (κ1) is 106. The van der Waals surface area contributed by atoms with Crippen molar-refractivity contribution in [3.05, 3.63) is 120 Å². The Morgan fingerprint density at radius 1 is 0.556 bits per heavy atom. The number of aliphatic hydroxyl groups is 2. The first-order chi connectivity index (χ1) is 64.4. The zero-order valence-electron chi connectivity index (χ0n) is 77.2. The largest absolute Gasteiger partial charge is 0.508 e. The highest BCUT2D eigenvalue weighted by atomic mass is 32.2. The number of amides is 16. The van der Waals surface area contributed by atoms with Crippen molar-refractivity contribution >= 4 is 134 Å². The van der Waals surface area contributed by atoms with Crippen LogP contribution in [0.2, 0.25) is 0 Å². The van der Waals surface area contributed by atoms with Gasteiger partial charge in [0.1, 0.15) is 78.3 Å². The monoisotopic (exact) mass is 1890 g/mol. The molecule has 734 valence electrons. The molecule has 3 aliphatic rings. The molecule has 3 aromatic heterocycles. The number of benzene rings is 3. The molecule has 0 radical (unpaired) electrons. The first-order valence-electron chi connectivity index (χ1n) is 45.8. The maximum absolute atomic E-state index is 15.4. The molecule has 23 N–H and O–H groups in total. The standard InChI is InChI=1S/C92H130N22O20S/c1-8-10-24-72(110(6)92(134)75(25-11-9-2)111(7)88(130)68(38-55-43-99-63-22-15-13-20-60(55)63)106-84(126)70(47-115)108-80(122)61(94)37-54-42-98-62-21-14-12-19-59(54)62)85(127)103-64(23-16-32-93)82(124)109-71(81(123)100-45-78(96)120)48-135-49-79(121)102-67(36-53-28-30-57(117)31-29-53)89(131)112-33-18-27-74(112)87(129)107-69(41-77(95)119)90(132)113-34-17-26-73(113)86(128)104-65(39-56-44-97-50-101-56)83(125)105-66(35-51(3)4)91(133)114-46-58(118)40-76(114)52(5)116/h12-15,19-22,28-31,42-44,50-51,58,61,64-76,98-99,115,117-118H,8-11,16-18,23-27,32-41,45-49,93-94H2,1-7H3,(H2,95,119)(H2,96,120)(H,97,101)(H,100,123)(H,102,121)(H,103,127)(H,104,128)(H,105,125)(H,106,126)(H,107,129)(H,108,122)(H,109,124)/t58-,61+,64+,65+,66+,67+,68+,69+,70+,71+,72+,73+,74+,75+,76+/m1/s1. The molecule has 0 bridgehead atoms. The third-order valence-electron chi connectivity index (χ3n) is 24.4. The molecular weight excluding hydrogens is 1770 g/mol. The minimum Gasteiger partial charge on any atom is -0.508 e. The second-order valence-corrected chi connectivity index (χ2v) is 36.2. The molecule has 9 rings (SSSR count). The molecule has 16 amide bonds. The van der Waals surface area contributed by atoms with Gasteiger partial charge in [0.05, 0.1) is 49.8 Å². The van der Waals surface area contributed by atoms with Gasteiger partial charge in [-0.25, -0.2) is 4.98 Å². The fourth-order valence-electron chi connectivity index (χ4n) is 17.2. The Morgan fingerprint density at radius 2 is 1.10 bits per heavy atom. The fourth-order valence-corrected chi connectivity index (χ4v) is 18.1. The van der Waals surface area contributed by atoms with Crippen molar-refractivity contribution in [3.8, 4) is 5.75 Å². The van der Waals surface area contributed by atoms with E-state index in [1.807, 2.05) is 70.2 Å². The Labute approximate surface area is 786 Å². The fraction of sp³-hybridized carbons (Fsp3) is 0.543. The van der Waals surface area contributed by atoms with Crippen LogP contribution < -0.4 is 70.8 Å². The van der Waals surface area contributed by atoms with E-state index in [1.54, 1.807) is 18.5 Å². The molecule has 3 aliphatic heterocycles. The predicted octanol–water partition coefficient (Wildman–Crippen LogP) is -1.89. The van der Waals surface area contributed by atoms with Crippen LogP contribution in [-0.2, 0) is 107 Å². The number of rotatable bonds is 52. The lowest BCUT2D eigenvalue weighted by atomic mass is 10.00. The van der Waals surface area contributed by atoms with Crippen molar-refractivity contribution in [3.63, 3.8) is 0 Å². The maximum atomic E-state index is 15.4. The van der Waals surface area contributed by atoms with Gasteiger partial charge in [-0.05, 0) is 125 Å². The van der Waals surface area contributed by atoms with E-state index >= 15 is 19.2 Å². The number of primary amides is 2. The molecule has 3 saturated heterocycles. The van der Waals surface area contributed by atoms with Crippen molar-refractivity contribution in [2.45, 2.75) is 247 Å². The number of aromatic hydroxyl groups is 1. The number of H-pyrrole nitrogens is 3. The molecular formula is C92H130N22O20S. The molecule has 0 unspecified atom stereocenters. The van der Waals surface area contributed by atoms with Gasteiger partial charge in [-0.2, -0.15) is 0 Å². The molecule has 3 fully saturated rings. The van der Waals surface area contributed by atoms with Gasteiger partial charge < -0.3 is 126 Å². The number of likely N-dealkylation sites (N-methyl/N-ethyl adjacent to an activating group) is 2. The van der Waals surface area contributed by atoms with Crippen LogP contribution in [0.15, 0.2) is 97.7 Å². The summed E-state index contributed by atoms with van der Waals surface area (Å²) in [6, 6.07) is 1.24. The summed E-state index contributed by atoms with van der Waals surface area (Å²) in [5.41, 5.74) is 27.3. The number of β-amino-alcohol motifs (C(OH)–C–C–N with tert-alkyl or cyclic N) is 1. The molecule has 43 heteroatoms. The number of phenols is 1. The second kappa shape index (κ2) is 51.0. The van der Waals surface area contributed by atoms with E-state index < -0.39 is 216 Å². The number of ketones is 1. The third kappa shape index (κ3) is 29.6. The summed E-state index contributed by atoms with van der Waals surface area (Å²) in [7, 11) is 2.78. The number of aromatic nitrogens is 4. The Morgan fingerprint density at radius 3 is 1.67 bits per heavy atom. The average molecular weight is 1900 g/mol. The number of carbonyl (C=O) groups excluding carboxylic acids is 17. The zero-order chi connectivity index (χ0) is 98.4. The van der Waals surface area contributed by atoms with Crippen molar-refractivity contribution in [1.82, 2.24) is 92.3 Å². The minimum atomic E-state index is -1.71. The van der Waals surface area contributed by atoms with Crippen LogP contribution in [0.5, 0.6) is 5.75 Å². The number of thioether (sulfide) groups is 1. The van der Waals surface area contributed by atoms with Crippen LogP contribution in [-0.4, -0.2) is 316 Å². The van der Waals surface area contributed by atoms with Crippen molar-refractivity contribution in [2.75, 3.05) is 64.9 Å². The summed E-state index contributed by atoms with van der Waals surface area (Å²) in [5.74, 6) is -15.0. The van der Waals surface area contributed by atoms with Gasteiger partial charge in [-0.3, -0.25) is 81.5 Å². The number of aliphatic hydroxyl groups excluding tert-OH is 2. The summed E-state index contributed by atoms with van der Waals surface area (Å²) < 4.78 is 0. The number of Topliss-reactive ketones (excluding diaryl/α,β-unsaturated/α-hetero) is 1. The predicted molar refractivity (Wildman–Crippen MR) is 498 cm³/mol. The molecule has 6 heterocycles. The summed E-state index contributed by atoms with van der Waals surface area (Å²) in [6.45, 7) is 6.85. The summed E-state index contributed by atoms with van der Waals surface area (Å²) in [5, 5.41) is 56.8. The number of imidazole rings is 1. The minimum absolute atomic E-state index is 0.0150. The maximum Gasteiger partial charge on any atom is 0.246 e. The third-order valence-corrected chi connectivity index (χ3v) is 25.5. The normalized spacial score (nSPS) is 17.8. The van der Waals surface area contributed by atoms with Crippen LogP contribution in [0.25, 0.3) is 21.8 Å². The Balaban J connectivity index is 0.866. The highest BCUT2D eigenvalue weighted by Crippen LogP contribution is 2.29. The van der Waals surface area contributed by atoms with Gasteiger partial charge >= 0.3 is 0 Å². The second-order valence-electron chi connectivity index (χ2n) is 35.1. The van der Waals surface area contributed by atoms with Crippen LogP contribution in [0, 0.1) is 5.92 Å². The van der Waals surface area contributed by atoms with Gasteiger partial charge in [-0.1, -0.05) is 102 Å². The number of hydrogen-bond acceptors (Lipinski definition) is 24. The SMILES string of the molecule is CCCC[C@@H](C(=O)N(C)[C@@H](CCCC)C(=O)N[C@@H](CCCN)C(=O)N[C@@H](CSCC(=O)N[C@@H](Cc1ccc(O)cc1)C(=O)N1CCC[C@H]1C(=O)N[C@@H](CC(N)=O)C(=O)N1CCC[C@H]1C(=O)N[C@@H](Cc1cnc[nH]1)C(=O)N[C@@H](CC(C)C)C(=O)N1C[C@H](O)C[C@H]1C(C)=O)C(=O)NCC(N)=O)N(C)C(=O)[C@H](Cc1c[nH]c2ccccc12)NC(=O)[C@H](CO)NC(=O)[C@@H](N)Cc1c[nH]c2ccccc12. The lowest BCUT2D eigenvalue weighted by molar-refractivity contribution is -0.149. The van der Waals surface area contributed by atoms with E-state index in [9.17, 15) is 77.6 Å². The van der Waals surface area contributed by atoms with Crippen molar-refractivity contribution in [2.24, 2.45) is 28.9 Å². The number of nitrogens with zero attached hydrogens (tertiary/aromatic N) is 6. The van der Waals surface area contributed by atoms with Crippen molar-refractivity contribution in [1.29, 1.82) is 0 Å². The van der Waals surface area contributed by atoms with Crippen LogP contribution in [0.1, 0.15) is 153 Å². The molecule has 3 aromatic carbocycles. The van der Waals surface area contributed by atoms with E-state index in [-0.39, 0.29) is 134 Å². The van der Waals surface area contributed by atoms with Crippen LogP contribution in [0.4, 0.5) is 0 Å². The number of fused-ring (bicyclic) bond motifs is 2. The number of para-hydroxylation sites is 2. The zero-order valence-corrected chi connectivity index (χ0v) is 78.1. The van der Waals surface area contributed by atoms with Gasteiger partial charge in [0.15, 0.2) is 5.78 Å². The topological polar surface area (TPSA) is 640 Å². The smallest absolute Gasteiger partial charge is 0.246 e. The molecule has 0 spiro atoms. The summed E-state index contributed by atoms with van der Waals surface area (Å²) in [6.07, 6.45) is 6.63. The molecule has 42 nitrogen and oxygen atoms in total. The lowest BCUT2D eigenvalue weighted by Crippen LogP contribution is -2.61. The molecule has 0 saturated carbocycles. The Bertz CT molecular complexity index is 5150. The highest BCUT2D eigenvalue weighted by molar-refractivity contribution is 8.00. The van der Waals surface area contributed by atoms with Gasteiger partial charge in [0.2, 0.25) is 94.5 Å². The van der Waals surface area contributed by atoms with E-state index in [1.165, 1.54) is 77.4 Å². The molecule has 15 atom stereocenters. The number of unbranched alkanes of at least 4 members (excludes halogenated alkanes) is 2. The van der Waals surface area contributed by atoms with E-state index in [0.29, 0.717) is 42.5 Å². The first-order valence-corrected chi connectivity index (χ1v) is 47.0. The Hall–Kier alpha value is -12.9. The lowest BCUT2D eigenvalue weighted by Gasteiger charge is -2.36. The average Bonchev–Trinajstić information content (AvgIpc) is 1.78. The number of likely N-dealkylation sites (tertiary alicyclic amines) is 3. The molecule has 6 aromatic rings. The molecule has 0 aliphatic carbocycles. The Kier molecular flexibility index (Phi) is 40.0. The number of phenolic OH excluding ortho intramolecular Hbond substituents is 1. The van der Waals surface area contributed by atoms with Gasteiger partial charge in [0, 0.05) is 111 Å². The van der Waals surface area contributed by atoms with Gasteiger partial charge in [-0.15, -0.1) is 11.8 Å². The van der Waals surface area contributed by atoms with E-state index in [4.69, 9.17) is 22.9 Å². The number of hydrogen-bond donors (Lipinski definition) is 19. The summed E-state index contributed by atoms with van der Waals surface area (Å²) in [4.78, 5) is 262. The van der Waals surface area contributed by atoms with E-state index in [0.717, 1.165) is 44.0 Å².